The number of carboxylic acids is 1. The van der Waals surface area contributed by atoms with Crippen LogP contribution in [-0.4, -0.2) is 34.0 Å². The fourth-order valence-corrected chi connectivity index (χ4v) is 2.80. The van der Waals surface area contributed by atoms with E-state index in [2.05, 4.69) is 9.88 Å². The van der Waals surface area contributed by atoms with Gasteiger partial charge in [0.05, 0.1) is 5.56 Å². The van der Waals surface area contributed by atoms with Gasteiger partial charge in [0.15, 0.2) is 0 Å². The molecule has 0 saturated carbocycles. The molecule has 1 saturated heterocycles. The van der Waals surface area contributed by atoms with Crippen LogP contribution in [0.1, 0.15) is 36.6 Å². The maximum absolute atomic E-state index is 11.0. The fraction of sp³-hybridized carbons (Fsp3) is 0.400. The smallest absolute Gasteiger partial charge is 1.00 e. The first-order valence-electron chi connectivity index (χ1n) is 6.80. The Hall–Kier alpha value is -0.174. The second kappa shape index (κ2) is 7.20. The Morgan fingerprint density at radius 3 is 2.75 bits per heavy atom. The number of carbonyl (C=O) groups is 1. The molecule has 0 unspecified atom stereocenters. The molecule has 1 aromatic heterocycles. The van der Waals surface area contributed by atoms with Crippen molar-refractivity contribution in [2.75, 3.05) is 13.1 Å². The molecule has 3 rings (SSSR count). The van der Waals surface area contributed by atoms with Crippen LogP contribution in [0.2, 0.25) is 0 Å². The van der Waals surface area contributed by atoms with Crippen molar-refractivity contribution in [2.45, 2.75) is 25.8 Å². The van der Waals surface area contributed by atoms with Crippen LogP contribution in [0.25, 0.3) is 10.9 Å². The Morgan fingerprint density at radius 1 is 1.30 bits per heavy atom. The van der Waals surface area contributed by atoms with Crippen LogP contribution in [-0.2, 0) is 6.54 Å². The zero-order chi connectivity index (χ0) is 13.2. The van der Waals surface area contributed by atoms with Gasteiger partial charge in [-0.05, 0) is 49.7 Å². The summed E-state index contributed by atoms with van der Waals surface area (Å²) >= 11 is 0. The molecule has 0 atom stereocenters. The van der Waals surface area contributed by atoms with Crippen molar-refractivity contribution in [3.8, 4) is 0 Å². The molecule has 1 aliphatic rings. The second-order valence-corrected chi connectivity index (χ2v) is 5.22. The van der Waals surface area contributed by atoms with Crippen LogP contribution in [0.15, 0.2) is 24.4 Å². The third-order valence-electron chi connectivity index (χ3n) is 3.86. The number of nitrogens with one attached hydrogen (secondary N) is 1. The summed E-state index contributed by atoms with van der Waals surface area (Å²) in [6.07, 6.45) is 5.86. The molecule has 0 radical (unpaired) electrons. The number of H-pyrrole nitrogens is 1. The van der Waals surface area contributed by atoms with Crippen LogP contribution in [0.4, 0.5) is 0 Å². The van der Waals surface area contributed by atoms with E-state index in [1.807, 2.05) is 12.3 Å². The van der Waals surface area contributed by atoms with Crippen molar-refractivity contribution in [1.29, 1.82) is 0 Å². The van der Waals surface area contributed by atoms with E-state index >= 15 is 0 Å². The third-order valence-corrected chi connectivity index (χ3v) is 3.86. The van der Waals surface area contributed by atoms with Crippen molar-refractivity contribution >= 4 is 16.9 Å². The number of carboxylic acid groups (broad SMARTS) is 1. The molecule has 0 spiro atoms. The summed E-state index contributed by atoms with van der Waals surface area (Å²) < 4.78 is 0. The Labute approximate surface area is 162 Å². The molecule has 1 aromatic carbocycles. The number of nitrogens with zero attached hydrogens (tertiary/aromatic N) is 1. The van der Waals surface area contributed by atoms with Gasteiger partial charge in [-0.15, -0.1) is 0 Å². The molecule has 1 aliphatic heterocycles. The number of hydrogen-bond acceptors (Lipinski definition) is 2. The molecular formula is C15H19KN2O2. The molecule has 1 fully saturated rings. The second-order valence-electron chi connectivity index (χ2n) is 5.22. The van der Waals surface area contributed by atoms with Gasteiger partial charge in [0.25, 0.3) is 0 Å². The number of aromatic amines is 1. The summed E-state index contributed by atoms with van der Waals surface area (Å²) in [6.45, 7) is 3.19. The number of rotatable bonds is 3. The van der Waals surface area contributed by atoms with Gasteiger partial charge >= 0.3 is 57.4 Å². The monoisotopic (exact) mass is 298 g/mol. The normalized spacial score (nSPS) is 16.0. The van der Waals surface area contributed by atoms with Gasteiger partial charge in [-0.25, -0.2) is 4.79 Å². The molecule has 5 heteroatoms. The number of aromatic nitrogens is 1. The molecule has 20 heavy (non-hydrogen) atoms. The number of benzene rings is 1. The van der Waals surface area contributed by atoms with Crippen LogP contribution < -0.4 is 51.4 Å². The molecule has 4 nitrogen and oxygen atoms in total. The molecular weight excluding hydrogens is 279 g/mol. The van der Waals surface area contributed by atoms with Crippen LogP contribution in [0.5, 0.6) is 0 Å². The van der Waals surface area contributed by atoms with Gasteiger partial charge in [-0.3, -0.25) is 4.90 Å². The first-order valence-corrected chi connectivity index (χ1v) is 6.80. The average Bonchev–Trinajstić information content (AvgIpc) is 2.82. The van der Waals surface area contributed by atoms with E-state index in [0.29, 0.717) is 5.56 Å². The SMILES string of the molecule is O=C(O)c1ccc2[nH]cc(CN3CCCCC3)c2c1.[H-].[K+]. The molecule has 102 valence electrons. The largest absolute Gasteiger partial charge is 1.00 e. The summed E-state index contributed by atoms with van der Waals surface area (Å²) in [5, 5.41) is 10.1. The van der Waals surface area contributed by atoms with E-state index in [9.17, 15) is 4.79 Å². The molecule has 0 aliphatic carbocycles. The van der Waals surface area contributed by atoms with Crippen molar-refractivity contribution in [3.63, 3.8) is 0 Å². The van der Waals surface area contributed by atoms with Crippen LogP contribution in [0.3, 0.4) is 0 Å². The molecule has 0 bridgehead atoms. The number of fused-ring (bicyclic) bond motifs is 1. The number of piperidine rings is 1. The van der Waals surface area contributed by atoms with Gasteiger partial charge in [0, 0.05) is 23.6 Å². The van der Waals surface area contributed by atoms with Crippen molar-refractivity contribution < 1.29 is 62.7 Å². The predicted molar refractivity (Wildman–Crippen MR) is 75.5 cm³/mol. The first-order chi connectivity index (χ1) is 9.24. The summed E-state index contributed by atoms with van der Waals surface area (Å²) in [5.74, 6) is -0.868. The minimum absolute atomic E-state index is 0. The zero-order valence-electron chi connectivity index (χ0n) is 12.9. The Bertz CT molecular complexity index is 609. The van der Waals surface area contributed by atoms with Crippen LogP contribution >= 0.6 is 0 Å². The summed E-state index contributed by atoms with van der Waals surface area (Å²) in [6, 6.07) is 5.26. The predicted octanol–water partition coefficient (Wildman–Crippen LogP) is -0.0315. The summed E-state index contributed by atoms with van der Waals surface area (Å²) in [5.41, 5.74) is 2.56. The van der Waals surface area contributed by atoms with Crippen LogP contribution in [0, 0.1) is 0 Å². The van der Waals surface area contributed by atoms with Gasteiger partial charge in [0.2, 0.25) is 0 Å². The molecule has 2 heterocycles. The van der Waals surface area contributed by atoms with E-state index in [0.717, 1.165) is 30.5 Å². The summed E-state index contributed by atoms with van der Waals surface area (Å²) in [4.78, 5) is 16.7. The minimum Gasteiger partial charge on any atom is -1.00 e. The van der Waals surface area contributed by atoms with Crippen molar-refractivity contribution in [3.05, 3.63) is 35.5 Å². The average molecular weight is 298 g/mol. The van der Waals surface area contributed by atoms with Gasteiger partial charge in [-0.1, -0.05) is 6.42 Å². The van der Waals surface area contributed by atoms with Gasteiger partial charge in [0.1, 0.15) is 0 Å². The van der Waals surface area contributed by atoms with E-state index in [1.165, 1.54) is 24.8 Å². The zero-order valence-corrected chi connectivity index (χ0v) is 15.0. The fourth-order valence-electron chi connectivity index (χ4n) is 2.80. The van der Waals surface area contributed by atoms with Crippen molar-refractivity contribution in [2.24, 2.45) is 0 Å². The first kappa shape index (κ1) is 16.2. The van der Waals surface area contributed by atoms with Crippen molar-refractivity contribution in [1.82, 2.24) is 9.88 Å². The van der Waals surface area contributed by atoms with E-state index in [4.69, 9.17) is 5.11 Å². The maximum Gasteiger partial charge on any atom is 1.00 e. The van der Waals surface area contributed by atoms with E-state index < -0.39 is 5.97 Å². The molecule has 0 amide bonds. The van der Waals surface area contributed by atoms with E-state index in [-0.39, 0.29) is 52.8 Å². The van der Waals surface area contributed by atoms with Gasteiger partial charge < -0.3 is 11.5 Å². The maximum atomic E-state index is 11.0. The van der Waals surface area contributed by atoms with E-state index in [1.54, 1.807) is 12.1 Å². The summed E-state index contributed by atoms with van der Waals surface area (Å²) in [7, 11) is 0. The Balaban J connectivity index is 0.00000110. The minimum atomic E-state index is -0.868. The molecule has 2 aromatic rings. The quantitative estimate of drug-likeness (QED) is 0.783. The number of likely N-dealkylation sites (tertiary alicyclic amines) is 1. The Kier molecular flexibility index (Phi) is 5.83. The topological polar surface area (TPSA) is 56.3 Å². The molecule has 2 N–H and O–H groups in total. The third kappa shape index (κ3) is 3.53. The Morgan fingerprint density at radius 2 is 2.05 bits per heavy atom. The number of aromatic carboxylic acids is 1. The standard InChI is InChI=1S/C15H18N2O2.K.H/c18-15(19)11-4-5-14-13(8-11)12(9-16-14)10-17-6-2-1-3-7-17;;/h4-5,8-9,16H,1-3,6-7,10H2,(H,18,19);;/q;+1;-1. The van der Waals surface area contributed by atoms with Gasteiger partial charge in [-0.2, -0.15) is 0 Å². The number of hydrogen-bond donors (Lipinski definition) is 2.